The molecule has 0 aliphatic heterocycles. The van der Waals surface area contributed by atoms with Crippen LogP contribution in [-0.2, 0) is 0 Å². The number of anilines is 3. The topological polar surface area (TPSA) is 103 Å². The molecule has 2 aromatic rings. The van der Waals surface area contributed by atoms with Crippen LogP contribution in [-0.4, -0.2) is 17.0 Å². The van der Waals surface area contributed by atoms with Crippen molar-refractivity contribution in [2.45, 2.75) is 0 Å². The molecule has 0 atom stereocenters. The molecule has 104 valence electrons. The molecule has 1 aromatic carbocycles. The summed E-state index contributed by atoms with van der Waals surface area (Å²) in [7, 11) is 1.40. The normalized spacial score (nSPS) is 10.1. The van der Waals surface area contributed by atoms with Gasteiger partial charge < -0.3 is 15.8 Å². The van der Waals surface area contributed by atoms with Crippen molar-refractivity contribution in [1.82, 2.24) is 4.98 Å². The average Bonchev–Trinajstić information content (AvgIpc) is 2.40. The molecule has 8 heteroatoms. The molecule has 0 radical (unpaired) electrons. The number of methoxy groups -OCH3 is 1. The Kier molecular flexibility index (Phi) is 3.65. The summed E-state index contributed by atoms with van der Waals surface area (Å²) in [6.07, 6.45) is 0. The zero-order valence-corrected chi connectivity index (χ0v) is 10.5. The highest BCUT2D eigenvalue weighted by molar-refractivity contribution is 5.67. The number of nitro groups is 1. The van der Waals surface area contributed by atoms with E-state index in [0.717, 1.165) is 0 Å². The summed E-state index contributed by atoms with van der Waals surface area (Å²) in [4.78, 5) is 13.9. The van der Waals surface area contributed by atoms with Crippen LogP contribution in [0.4, 0.5) is 27.4 Å². The van der Waals surface area contributed by atoms with E-state index in [1.807, 2.05) is 0 Å². The molecule has 2 rings (SSSR count). The van der Waals surface area contributed by atoms with Crippen LogP contribution in [0.5, 0.6) is 5.75 Å². The standard InChI is InChI=1S/C12H11FN4O3/c1-20-10-6-7(13)2-3-8(10)15-11-5-4-9(17(18)19)12(14)16-11/h2-6H,1H3,(H3,14,15,16). The van der Waals surface area contributed by atoms with Gasteiger partial charge in [0.05, 0.1) is 17.7 Å². The van der Waals surface area contributed by atoms with Crippen LogP contribution >= 0.6 is 0 Å². The highest BCUT2D eigenvalue weighted by Crippen LogP contribution is 2.29. The number of hydrogen-bond acceptors (Lipinski definition) is 6. The zero-order valence-electron chi connectivity index (χ0n) is 10.5. The lowest BCUT2D eigenvalue weighted by Gasteiger charge is -2.10. The molecule has 0 bridgehead atoms. The molecule has 0 saturated carbocycles. The Labute approximate surface area is 113 Å². The second kappa shape index (κ2) is 5.39. The van der Waals surface area contributed by atoms with Gasteiger partial charge in [0.25, 0.3) is 0 Å². The average molecular weight is 278 g/mol. The van der Waals surface area contributed by atoms with Crippen molar-refractivity contribution in [3.05, 3.63) is 46.3 Å². The SMILES string of the molecule is COc1cc(F)ccc1Nc1ccc([N+](=O)[O-])c(N)n1. The number of ether oxygens (including phenoxy) is 1. The fourth-order valence-electron chi connectivity index (χ4n) is 1.60. The minimum absolute atomic E-state index is 0.207. The Hall–Kier alpha value is -2.90. The second-order valence-electron chi connectivity index (χ2n) is 3.83. The highest BCUT2D eigenvalue weighted by atomic mass is 19.1. The number of halogens is 1. The van der Waals surface area contributed by atoms with Crippen LogP contribution in [0.25, 0.3) is 0 Å². The summed E-state index contributed by atoms with van der Waals surface area (Å²) < 4.78 is 18.1. The van der Waals surface area contributed by atoms with Crippen LogP contribution in [0.15, 0.2) is 30.3 Å². The first-order valence-corrected chi connectivity index (χ1v) is 5.52. The maximum atomic E-state index is 13.1. The van der Waals surface area contributed by atoms with Crippen molar-refractivity contribution in [1.29, 1.82) is 0 Å². The van der Waals surface area contributed by atoms with Crippen LogP contribution in [0.1, 0.15) is 0 Å². The molecular formula is C12H11FN4O3. The van der Waals surface area contributed by atoms with Crippen molar-refractivity contribution >= 4 is 23.0 Å². The second-order valence-corrected chi connectivity index (χ2v) is 3.83. The smallest absolute Gasteiger partial charge is 0.311 e. The van der Waals surface area contributed by atoms with E-state index in [9.17, 15) is 14.5 Å². The van der Waals surface area contributed by atoms with E-state index >= 15 is 0 Å². The summed E-state index contributed by atoms with van der Waals surface area (Å²) >= 11 is 0. The molecule has 1 heterocycles. The zero-order chi connectivity index (χ0) is 14.7. The van der Waals surface area contributed by atoms with E-state index in [4.69, 9.17) is 10.5 Å². The maximum Gasteiger partial charge on any atom is 0.311 e. The largest absolute Gasteiger partial charge is 0.494 e. The molecule has 0 spiro atoms. The molecule has 20 heavy (non-hydrogen) atoms. The van der Waals surface area contributed by atoms with E-state index in [-0.39, 0.29) is 23.1 Å². The van der Waals surface area contributed by atoms with Gasteiger partial charge in [-0.25, -0.2) is 9.37 Å². The third kappa shape index (κ3) is 2.74. The van der Waals surface area contributed by atoms with E-state index in [2.05, 4.69) is 10.3 Å². The first kappa shape index (κ1) is 13.5. The van der Waals surface area contributed by atoms with E-state index in [1.54, 1.807) is 0 Å². The van der Waals surface area contributed by atoms with Crippen molar-refractivity contribution < 1.29 is 14.1 Å². The molecular weight excluding hydrogens is 267 g/mol. The van der Waals surface area contributed by atoms with Gasteiger partial charge in [-0.1, -0.05) is 0 Å². The number of benzene rings is 1. The van der Waals surface area contributed by atoms with Gasteiger partial charge in [0.1, 0.15) is 17.4 Å². The van der Waals surface area contributed by atoms with Crippen LogP contribution in [0, 0.1) is 15.9 Å². The van der Waals surface area contributed by atoms with Crippen LogP contribution in [0.2, 0.25) is 0 Å². The molecule has 0 unspecified atom stereocenters. The lowest BCUT2D eigenvalue weighted by molar-refractivity contribution is -0.384. The number of pyridine rings is 1. The Balaban J connectivity index is 2.31. The van der Waals surface area contributed by atoms with E-state index in [0.29, 0.717) is 5.69 Å². The molecule has 0 aliphatic rings. The van der Waals surface area contributed by atoms with Crippen molar-refractivity contribution in [3.8, 4) is 5.75 Å². The molecule has 0 saturated heterocycles. The first-order chi connectivity index (χ1) is 9.51. The van der Waals surface area contributed by atoms with Gasteiger partial charge in [-0.05, 0) is 18.2 Å². The van der Waals surface area contributed by atoms with Crippen molar-refractivity contribution in [2.24, 2.45) is 0 Å². The van der Waals surface area contributed by atoms with Crippen LogP contribution < -0.4 is 15.8 Å². The monoisotopic (exact) mass is 278 g/mol. The number of nitrogens with two attached hydrogens (primary N) is 1. The van der Waals surface area contributed by atoms with Gasteiger partial charge in [-0.3, -0.25) is 10.1 Å². The number of aromatic nitrogens is 1. The van der Waals surface area contributed by atoms with E-state index < -0.39 is 10.7 Å². The molecule has 7 nitrogen and oxygen atoms in total. The van der Waals surface area contributed by atoms with Crippen molar-refractivity contribution in [2.75, 3.05) is 18.2 Å². The summed E-state index contributed by atoms with van der Waals surface area (Å²) in [6.45, 7) is 0. The number of hydrogen-bond donors (Lipinski definition) is 2. The fourth-order valence-corrected chi connectivity index (χ4v) is 1.60. The quantitative estimate of drug-likeness (QED) is 0.657. The van der Waals surface area contributed by atoms with Gasteiger partial charge in [0, 0.05) is 12.1 Å². The molecule has 0 fully saturated rings. The number of rotatable bonds is 4. The maximum absolute atomic E-state index is 13.1. The summed E-state index contributed by atoms with van der Waals surface area (Å²) in [5.41, 5.74) is 5.68. The van der Waals surface area contributed by atoms with Crippen LogP contribution in [0.3, 0.4) is 0 Å². The predicted octanol–water partition coefficient (Wildman–Crippen LogP) is 2.46. The summed E-state index contributed by atoms with van der Waals surface area (Å²) in [5.74, 6) is -0.0774. The summed E-state index contributed by atoms with van der Waals surface area (Å²) in [6, 6.07) is 6.56. The van der Waals surface area contributed by atoms with Gasteiger partial charge >= 0.3 is 5.69 Å². The first-order valence-electron chi connectivity index (χ1n) is 5.52. The van der Waals surface area contributed by atoms with Gasteiger partial charge in [0.15, 0.2) is 0 Å². The lowest BCUT2D eigenvalue weighted by atomic mass is 10.2. The Bertz CT molecular complexity index is 663. The van der Waals surface area contributed by atoms with Crippen molar-refractivity contribution in [3.63, 3.8) is 0 Å². The number of nitrogens with zero attached hydrogens (tertiary/aromatic N) is 2. The number of nitrogens with one attached hydrogen (secondary N) is 1. The molecule has 0 aliphatic carbocycles. The van der Waals surface area contributed by atoms with Gasteiger partial charge in [-0.2, -0.15) is 0 Å². The summed E-state index contributed by atoms with van der Waals surface area (Å²) in [5, 5.41) is 13.5. The highest BCUT2D eigenvalue weighted by Gasteiger charge is 2.13. The minimum Gasteiger partial charge on any atom is -0.494 e. The fraction of sp³-hybridized carbons (Fsp3) is 0.0833. The molecule has 1 aromatic heterocycles. The van der Waals surface area contributed by atoms with Gasteiger partial charge in [-0.15, -0.1) is 0 Å². The molecule has 0 amide bonds. The Morgan fingerprint density at radius 1 is 1.40 bits per heavy atom. The Morgan fingerprint density at radius 3 is 2.75 bits per heavy atom. The predicted molar refractivity (Wildman–Crippen MR) is 71.5 cm³/mol. The lowest BCUT2D eigenvalue weighted by Crippen LogP contribution is -2.02. The molecule has 3 N–H and O–H groups in total. The minimum atomic E-state index is -0.620. The Morgan fingerprint density at radius 2 is 2.15 bits per heavy atom. The third-order valence-electron chi connectivity index (χ3n) is 2.53. The number of nitrogen functional groups attached to an aromatic ring is 1. The third-order valence-corrected chi connectivity index (χ3v) is 2.53. The van der Waals surface area contributed by atoms with E-state index in [1.165, 1.54) is 37.4 Å². The van der Waals surface area contributed by atoms with Gasteiger partial charge in [0.2, 0.25) is 5.82 Å².